The second-order valence-corrected chi connectivity index (χ2v) is 7.04. The Kier molecular flexibility index (Phi) is 4.85. The zero-order chi connectivity index (χ0) is 13.2. The summed E-state index contributed by atoms with van der Waals surface area (Å²) in [5, 5.41) is 0. The van der Waals surface area contributed by atoms with Crippen molar-refractivity contribution in [2.24, 2.45) is 5.41 Å². The van der Waals surface area contributed by atoms with Crippen LogP contribution in [0.1, 0.15) is 27.2 Å². The molecule has 0 aliphatic heterocycles. The van der Waals surface area contributed by atoms with Gasteiger partial charge in [-0.2, -0.15) is 8.42 Å². The Morgan fingerprint density at radius 2 is 1.75 bits per heavy atom. The number of ether oxygens (including phenoxy) is 1. The van der Waals surface area contributed by atoms with E-state index in [2.05, 4.69) is 17.4 Å². The van der Waals surface area contributed by atoms with Crippen molar-refractivity contribution in [1.82, 2.24) is 0 Å². The van der Waals surface area contributed by atoms with Crippen molar-refractivity contribution in [1.29, 1.82) is 0 Å². The quantitative estimate of drug-likeness (QED) is 0.352. The van der Waals surface area contributed by atoms with Gasteiger partial charge in [-0.3, -0.25) is 8.98 Å². The van der Waals surface area contributed by atoms with Crippen LogP contribution in [0.4, 0.5) is 0 Å². The molecule has 5 nitrogen and oxygen atoms in total. The lowest BCUT2D eigenvalue weighted by atomic mass is 9.87. The smallest absolute Gasteiger partial charge is 0.311 e. The molecule has 16 heavy (non-hydrogen) atoms. The van der Waals surface area contributed by atoms with Gasteiger partial charge in [0.15, 0.2) is 0 Å². The first-order valence-electron chi connectivity index (χ1n) is 4.61. The van der Waals surface area contributed by atoms with Crippen LogP contribution in [-0.2, 0) is 23.8 Å². The van der Waals surface area contributed by atoms with E-state index in [1.807, 2.05) is 0 Å². The second kappa shape index (κ2) is 4.93. The molecule has 96 valence electrons. The van der Waals surface area contributed by atoms with Crippen LogP contribution in [-0.4, -0.2) is 32.7 Å². The Morgan fingerprint density at radius 3 is 2.06 bits per heavy atom. The predicted octanol–water partition coefficient (Wildman–Crippen LogP) is 1.20. The summed E-state index contributed by atoms with van der Waals surface area (Å²) in [6.45, 7) is 4.76. The minimum absolute atomic E-state index is 0.114. The van der Waals surface area contributed by atoms with Gasteiger partial charge < -0.3 is 4.74 Å². The van der Waals surface area contributed by atoms with Gasteiger partial charge in [-0.15, -0.1) is 12.6 Å². The molecule has 1 unspecified atom stereocenters. The van der Waals surface area contributed by atoms with Crippen molar-refractivity contribution in [3.8, 4) is 0 Å². The molecule has 0 aromatic rings. The van der Waals surface area contributed by atoms with Gasteiger partial charge >= 0.3 is 5.97 Å². The summed E-state index contributed by atoms with van der Waals surface area (Å²) < 4.78 is 31.4. The van der Waals surface area contributed by atoms with Crippen LogP contribution < -0.4 is 0 Å². The molecule has 0 saturated carbocycles. The van der Waals surface area contributed by atoms with E-state index in [9.17, 15) is 13.2 Å². The van der Waals surface area contributed by atoms with E-state index in [1.165, 1.54) is 14.0 Å². The lowest BCUT2D eigenvalue weighted by Gasteiger charge is -2.30. The summed E-state index contributed by atoms with van der Waals surface area (Å²) in [7, 11) is -2.34. The van der Waals surface area contributed by atoms with Gasteiger partial charge in [-0.1, -0.05) is 0 Å². The SMILES string of the molecule is COC(=O)C(C)(C)CC(C)(S)OS(C)(=O)=O. The molecule has 0 rings (SSSR count). The van der Waals surface area contributed by atoms with Gasteiger partial charge in [-0.05, 0) is 20.8 Å². The maximum atomic E-state index is 11.4. The number of methoxy groups -OCH3 is 1. The van der Waals surface area contributed by atoms with Gasteiger partial charge in [0.05, 0.1) is 18.8 Å². The van der Waals surface area contributed by atoms with E-state index >= 15 is 0 Å². The predicted molar refractivity (Wildman–Crippen MR) is 63.7 cm³/mol. The van der Waals surface area contributed by atoms with Crippen molar-refractivity contribution in [2.45, 2.75) is 32.1 Å². The van der Waals surface area contributed by atoms with Gasteiger partial charge in [0.2, 0.25) is 0 Å². The Balaban J connectivity index is 4.77. The van der Waals surface area contributed by atoms with E-state index < -0.39 is 26.4 Å². The fourth-order valence-electron chi connectivity index (χ4n) is 1.52. The van der Waals surface area contributed by atoms with Crippen molar-refractivity contribution < 1.29 is 22.1 Å². The van der Waals surface area contributed by atoms with E-state index in [1.54, 1.807) is 13.8 Å². The molecule has 0 spiro atoms. The Morgan fingerprint density at radius 1 is 1.31 bits per heavy atom. The summed E-state index contributed by atoms with van der Waals surface area (Å²) in [4.78, 5) is 10.2. The first-order valence-corrected chi connectivity index (χ1v) is 6.87. The molecule has 7 heteroatoms. The topological polar surface area (TPSA) is 69.7 Å². The molecule has 0 aromatic carbocycles. The Labute approximate surface area is 102 Å². The zero-order valence-corrected chi connectivity index (χ0v) is 11.8. The van der Waals surface area contributed by atoms with Gasteiger partial charge in [0.1, 0.15) is 4.93 Å². The zero-order valence-electron chi connectivity index (χ0n) is 10.1. The van der Waals surface area contributed by atoms with Crippen molar-refractivity contribution >= 4 is 28.7 Å². The number of hydrogen-bond acceptors (Lipinski definition) is 6. The number of rotatable bonds is 5. The van der Waals surface area contributed by atoms with Gasteiger partial charge in [0, 0.05) is 6.42 Å². The maximum absolute atomic E-state index is 11.4. The Hall–Kier alpha value is -0.270. The summed E-state index contributed by atoms with van der Waals surface area (Å²) in [5.74, 6) is -0.440. The highest BCUT2D eigenvalue weighted by Crippen LogP contribution is 2.34. The van der Waals surface area contributed by atoms with E-state index in [0.717, 1.165) is 6.26 Å². The van der Waals surface area contributed by atoms with Crippen LogP contribution in [0.15, 0.2) is 0 Å². The molecule has 0 aromatic heterocycles. The van der Waals surface area contributed by atoms with E-state index in [4.69, 9.17) is 4.18 Å². The lowest BCUT2D eigenvalue weighted by molar-refractivity contribution is -0.152. The van der Waals surface area contributed by atoms with Gasteiger partial charge in [0.25, 0.3) is 10.1 Å². The summed E-state index contributed by atoms with van der Waals surface area (Å²) in [5.41, 5.74) is -0.865. The maximum Gasteiger partial charge on any atom is 0.311 e. The highest BCUT2D eigenvalue weighted by Gasteiger charge is 2.38. The minimum Gasteiger partial charge on any atom is -0.469 e. The molecule has 1 atom stereocenters. The molecule has 0 N–H and O–H groups in total. The van der Waals surface area contributed by atoms with E-state index in [0.29, 0.717) is 0 Å². The van der Waals surface area contributed by atoms with Gasteiger partial charge in [-0.25, -0.2) is 0 Å². The van der Waals surface area contributed by atoms with Crippen LogP contribution in [0.3, 0.4) is 0 Å². The third-order valence-corrected chi connectivity index (χ3v) is 2.88. The fourth-order valence-corrected chi connectivity index (χ4v) is 3.04. The number of hydrogen-bond donors (Lipinski definition) is 1. The normalized spacial score (nSPS) is 16.6. The van der Waals surface area contributed by atoms with Crippen LogP contribution in [0, 0.1) is 5.41 Å². The average molecular weight is 270 g/mol. The third-order valence-electron chi connectivity index (χ3n) is 1.84. The van der Waals surface area contributed by atoms with Crippen molar-refractivity contribution in [3.63, 3.8) is 0 Å². The summed E-state index contributed by atoms with van der Waals surface area (Å²) in [6, 6.07) is 0. The van der Waals surface area contributed by atoms with Crippen molar-refractivity contribution in [3.05, 3.63) is 0 Å². The highest BCUT2D eigenvalue weighted by atomic mass is 32.2. The molecule has 0 radical (unpaired) electrons. The molecule has 0 aliphatic rings. The first-order chi connectivity index (χ1) is 6.90. The minimum atomic E-state index is -3.62. The number of esters is 1. The first kappa shape index (κ1) is 15.7. The molecule has 0 bridgehead atoms. The van der Waals surface area contributed by atoms with Crippen LogP contribution in [0.5, 0.6) is 0 Å². The van der Waals surface area contributed by atoms with E-state index in [-0.39, 0.29) is 6.42 Å². The highest BCUT2D eigenvalue weighted by molar-refractivity contribution is 7.87. The fraction of sp³-hybridized carbons (Fsp3) is 0.889. The van der Waals surface area contributed by atoms with Crippen LogP contribution in [0.25, 0.3) is 0 Å². The number of carbonyl (C=O) groups is 1. The lowest BCUT2D eigenvalue weighted by Crippen LogP contribution is -2.36. The molecule has 0 aliphatic carbocycles. The van der Waals surface area contributed by atoms with Crippen LogP contribution in [0.2, 0.25) is 0 Å². The number of carbonyl (C=O) groups excluding carboxylic acids is 1. The molecular formula is C9H18O5S2. The van der Waals surface area contributed by atoms with Crippen molar-refractivity contribution in [2.75, 3.05) is 13.4 Å². The average Bonchev–Trinajstić information content (AvgIpc) is 1.95. The molecule has 0 fully saturated rings. The van der Waals surface area contributed by atoms with Crippen LogP contribution >= 0.6 is 12.6 Å². The molecule has 0 saturated heterocycles. The monoisotopic (exact) mass is 270 g/mol. The molecule has 0 amide bonds. The third kappa shape index (κ3) is 5.72. The standard InChI is InChI=1S/C9H18O5S2/c1-8(2,7(10)13-4)6-9(3,15)14-16(5,11)12/h15H,6H2,1-5H3. The largest absolute Gasteiger partial charge is 0.469 e. The second-order valence-electron chi connectivity index (χ2n) is 4.51. The Bertz CT molecular complexity index is 356. The summed E-state index contributed by atoms with van der Waals surface area (Å²) in [6.07, 6.45) is 1.05. The number of thiol groups is 1. The molecule has 0 heterocycles. The summed E-state index contributed by atoms with van der Waals surface area (Å²) >= 11 is 4.10. The molecular weight excluding hydrogens is 252 g/mol.